The standard InChI is InChI=1S/C22H32ClN5O2/c1-22(2,3)19-16(6-5-13-29-19)14-26-21(24-4)25-12-11-18-27-20(28-30-18)15-7-9-17(23)10-8-15/h7-10,16,19H,5-6,11-14H2,1-4H3,(H2,24,25,26). The maximum Gasteiger partial charge on any atom is 0.228 e. The molecule has 164 valence electrons. The predicted molar refractivity (Wildman–Crippen MR) is 120 cm³/mol. The largest absolute Gasteiger partial charge is 0.377 e. The monoisotopic (exact) mass is 433 g/mol. The van der Waals surface area contributed by atoms with Crippen molar-refractivity contribution in [3.63, 3.8) is 0 Å². The molecule has 0 radical (unpaired) electrons. The van der Waals surface area contributed by atoms with Crippen LogP contribution < -0.4 is 10.6 Å². The Morgan fingerprint density at radius 2 is 2.00 bits per heavy atom. The molecule has 3 rings (SSSR count). The Balaban J connectivity index is 1.46. The van der Waals surface area contributed by atoms with Gasteiger partial charge >= 0.3 is 0 Å². The van der Waals surface area contributed by atoms with E-state index in [2.05, 4.69) is 46.5 Å². The molecule has 30 heavy (non-hydrogen) atoms. The van der Waals surface area contributed by atoms with Gasteiger partial charge in [0.15, 0.2) is 5.96 Å². The number of nitrogens with zero attached hydrogens (tertiary/aromatic N) is 3. The molecular formula is C22H32ClN5O2. The number of benzene rings is 1. The van der Waals surface area contributed by atoms with Gasteiger partial charge in [-0.05, 0) is 42.5 Å². The number of aromatic nitrogens is 2. The van der Waals surface area contributed by atoms with Crippen LogP contribution in [0.1, 0.15) is 39.5 Å². The molecule has 1 aromatic carbocycles. The van der Waals surface area contributed by atoms with Crippen LogP contribution in [0.2, 0.25) is 5.02 Å². The molecule has 2 heterocycles. The normalized spacial score (nSPS) is 20.2. The molecule has 8 heteroatoms. The van der Waals surface area contributed by atoms with Gasteiger partial charge < -0.3 is 19.9 Å². The number of nitrogens with one attached hydrogen (secondary N) is 2. The maximum atomic E-state index is 6.07. The molecule has 0 bridgehead atoms. The van der Waals surface area contributed by atoms with E-state index in [4.69, 9.17) is 20.9 Å². The average Bonchev–Trinajstić information content (AvgIpc) is 3.19. The molecule has 1 fully saturated rings. The molecule has 2 unspecified atom stereocenters. The number of guanidine groups is 1. The van der Waals surface area contributed by atoms with Crippen molar-refractivity contribution in [1.29, 1.82) is 0 Å². The van der Waals surface area contributed by atoms with Crippen LogP contribution in [0.3, 0.4) is 0 Å². The second-order valence-electron chi connectivity index (χ2n) is 8.71. The zero-order valence-electron chi connectivity index (χ0n) is 18.2. The van der Waals surface area contributed by atoms with Crippen molar-refractivity contribution in [3.8, 4) is 11.4 Å². The Bertz CT molecular complexity index is 829. The SMILES string of the molecule is CN=C(NCCc1nc(-c2ccc(Cl)cc2)no1)NCC1CCCOC1C(C)(C)C. The van der Waals surface area contributed by atoms with Crippen LogP contribution in [-0.4, -0.2) is 48.9 Å². The molecule has 0 spiro atoms. The third-order valence-corrected chi connectivity index (χ3v) is 5.51. The summed E-state index contributed by atoms with van der Waals surface area (Å²) < 4.78 is 11.4. The third-order valence-electron chi connectivity index (χ3n) is 5.26. The van der Waals surface area contributed by atoms with Crippen LogP contribution in [-0.2, 0) is 11.2 Å². The minimum absolute atomic E-state index is 0.128. The molecular weight excluding hydrogens is 402 g/mol. The lowest BCUT2D eigenvalue weighted by Crippen LogP contribution is -2.47. The number of ether oxygens (including phenoxy) is 1. The molecule has 1 aliphatic rings. The third kappa shape index (κ3) is 6.19. The van der Waals surface area contributed by atoms with E-state index in [0.717, 1.165) is 31.1 Å². The topological polar surface area (TPSA) is 84.6 Å². The van der Waals surface area contributed by atoms with E-state index < -0.39 is 0 Å². The van der Waals surface area contributed by atoms with Crippen molar-refractivity contribution in [1.82, 2.24) is 20.8 Å². The lowest BCUT2D eigenvalue weighted by Gasteiger charge is -2.40. The van der Waals surface area contributed by atoms with Crippen LogP contribution >= 0.6 is 11.6 Å². The maximum absolute atomic E-state index is 6.07. The fraction of sp³-hybridized carbons (Fsp3) is 0.591. The molecule has 7 nitrogen and oxygen atoms in total. The van der Waals surface area contributed by atoms with E-state index in [1.165, 1.54) is 6.42 Å². The minimum Gasteiger partial charge on any atom is -0.377 e. The van der Waals surface area contributed by atoms with Crippen LogP contribution in [0.4, 0.5) is 0 Å². The fourth-order valence-electron chi connectivity index (χ4n) is 3.82. The molecule has 1 aromatic heterocycles. The Morgan fingerprint density at radius 3 is 2.70 bits per heavy atom. The van der Waals surface area contributed by atoms with E-state index in [0.29, 0.717) is 35.6 Å². The van der Waals surface area contributed by atoms with Crippen molar-refractivity contribution in [2.75, 3.05) is 26.7 Å². The highest BCUT2D eigenvalue weighted by Crippen LogP contribution is 2.33. The Labute approximate surface area is 183 Å². The van der Waals surface area contributed by atoms with E-state index in [9.17, 15) is 0 Å². The number of hydrogen-bond acceptors (Lipinski definition) is 5. The fourth-order valence-corrected chi connectivity index (χ4v) is 3.94. The molecule has 1 aliphatic heterocycles. The van der Waals surface area contributed by atoms with Gasteiger partial charge in [-0.15, -0.1) is 0 Å². The van der Waals surface area contributed by atoms with Gasteiger partial charge in [-0.1, -0.05) is 37.5 Å². The summed E-state index contributed by atoms with van der Waals surface area (Å²) in [5.74, 6) is 2.38. The summed E-state index contributed by atoms with van der Waals surface area (Å²) >= 11 is 5.92. The van der Waals surface area contributed by atoms with Crippen molar-refractivity contribution in [2.24, 2.45) is 16.3 Å². The first-order valence-electron chi connectivity index (χ1n) is 10.5. The van der Waals surface area contributed by atoms with Crippen molar-refractivity contribution in [3.05, 3.63) is 35.2 Å². The summed E-state index contributed by atoms with van der Waals surface area (Å²) in [4.78, 5) is 8.78. The second-order valence-corrected chi connectivity index (χ2v) is 9.14. The summed E-state index contributed by atoms with van der Waals surface area (Å²) in [5, 5.41) is 11.5. The summed E-state index contributed by atoms with van der Waals surface area (Å²) in [7, 11) is 1.78. The number of hydrogen-bond donors (Lipinski definition) is 2. The summed E-state index contributed by atoms with van der Waals surface area (Å²) in [6.45, 7) is 9.06. The lowest BCUT2D eigenvalue weighted by atomic mass is 9.78. The zero-order chi connectivity index (χ0) is 21.6. The van der Waals surface area contributed by atoms with Gasteiger partial charge in [0.25, 0.3) is 0 Å². The van der Waals surface area contributed by atoms with Gasteiger partial charge in [0.1, 0.15) is 0 Å². The predicted octanol–water partition coefficient (Wildman–Crippen LogP) is 3.94. The molecule has 0 saturated carbocycles. The van der Waals surface area contributed by atoms with Crippen molar-refractivity contribution >= 4 is 17.6 Å². The lowest BCUT2D eigenvalue weighted by molar-refractivity contribution is -0.0835. The van der Waals surface area contributed by atoms with Gasteiger partial charge in [-0.3, -0.25) is 4.99 Å². The van der Waals surface area contributed by atoms with Crippen LogP contribution in [0.15, 0.2) is 33.8 Å². The average molecular weight is 434 g/mol. The molecule has 0 aliphatic carbocycles. The van der Waals surface area contributed by atoms with E-state index in [1.54, 1.807) is 7.05 Å². The van der Waals surface area contributed by atoms with Crippen molar-refractivity contribution < 1.29 is 9.26 Å². The Hall–Kier alpha value is -2.12. The number of halogens is 1. The highest BCUT2D eigenvalue weighted by molar-refractivity contribution is 6.30. The number of aliphatic imine (C=N–C) groups is 1. The zero-order valence-corrected chi connectivity index (χ0v) is 19.0. The van der Waals surface area contributed by atoms with Crippen LogP contribution in [0, 0.1) is 11.3 Å². The highest BCUT2D eigenvalue weighted by atomic mass is 35.5. The summed E-state index contributed by atoms with van der Waals surface area (Å²) in [6, 6.07) is 7.37. The van der Waals surface area contributed by atoms with E-state index in [-0.39, 0.29) is 11.5 Å². The van der Waals surface area contributed by atoms with E-state index in [1.807, 2.05) is 24.3 Å². The van der Waals surface area contributed by atoms with Gasteiger partial charge in [0, 0.05) is 49.7 Å². The first-order chi connectivity index (χ1) is 14.4. The quantitative estimate of drug-likeness (QED) is 0.530. The molecule has 1 saturated heterocycles. The smallest absolute Gasteiger partial charge is 0.228 e. The van der Waals surface area contributed by atoms with Crippen LogP contribution in [0.5, 0.6) is 0 Å². The first kappa shape index (κ1) is 22.6. The van der Waals surface area contributed by atoms with Crippen LogP contribution in [0.25, 0.3) is 11.4 Å². The molecule has 2 N–H and O–H groups in total. The van der Waals surface area contributed by atoms with Gasteiger partial charge in [-0.2, -0.15) is 4.98 Å². The molecule has 0 amide bonds. The Kier molecular flexibility index (Phi) is 7.72. The Morgan fingerprint density at radius 1 is 1.23 bits per heavy atom. The van der Waals surface area contributed by atoms with Crippen molar-refractivity contribution in [2.45, 2.75) is 46.1 Å². The molecule has 2 aromatic rings. The van der Waals surface area contributed by atoms with Gasteiger partial charge in [0.2, 0.25) is 11.7 Å². The van der Waals surface area contributed by atoms with Gasteiger partial charge in [0.05, 0.1) is 6.10 Å². The van der Waals surface area contributed by atoms with E-state index >= 15 is 0 Å². The highest BCUT2D eigenvalue weighted by Gasteiger charge is 2.35. The molecule has 2 atom stereocenters. The second kappa shape index (κ2) is 10.3. The first-order valence-corrected chi connectivity index (χ1v) is 10.9. The summed E-state index contributed by atoms with van der Waals surface area (Å²) in [5.41, 5.74) is 1.01. The minimum atomic E-state index is 0.128. The van der Waals surface area contributed by atoms with Gasteiger partial charge in [-0.25, -0.2) is 0 Å². The summed E-state index contributed by atoms with van der Waals surface area (Å²) in [6.07, 6.45) is 3.14. The number of rotatable bonds is 6.